The van der Waals surface area contributed by atoms with Crippen LogP contribution in [0, 0.1) is 0 Å². The van der Waals surface area contributed by atoms with Crippen LogP contribution in [0.4, 0.5) is 0 Å². The number of allylic oxidation sites excluding steroid dienone is 2. The number of hydrogen-bond acceptors (Lipinski definition) is 3. The molecule has 66 valence electrons. The van der Waals surface area contributed by atoms with E-state index in [1.807, 2.05) is 0 Å². The summed E-state index contributed by atoms with van der Waals surface area (Å²) in [6.07, 6.45) is 2.07. The highest BCUT2D eigenvalue weighted by molar-refractivity contribution is 6.30. The summed E-state index contributed by atoms with van der Waals surface area (Å²) < 4.78 is 4.29. The Bertz CT molecular complexity index is 220. The van der Waals surface area contributed by atoms with Crippen molar-refractivity contribution in [2.24, 2.45) is 0 Å². The van der Waals surface area contributed by atoms with E-state index in [0.29, 0.717) is 0 Å². The summed E-state index contributed by atoms with van der Waals surface area (Å²) in [6.45, 7) is 6.48. The monoisotopic (exact) mass is 188 g/mol. The van der Waals surface area contributed by atoms with Gasteiger partial charge in [0.15, 0.2) is 6.10 Å². The van der Waals surface area contributed by atoms with Crippen molar-refractivity contribution in [3.05, 3.63) is 36.6 Å². The predicted octanol–water partition coefficient (Wildman–Crippen LogP) is 1.34. The zero-order chi connectivity index (χ0) is 9.56. The van der Waals surface area contributed by atoms with Gasteiger partial charge in [-0.2, -0.15) is 0 Å². The second-order valence-corrected chi connectivity index (χ2v) is 2.34. The molecule has 0 aromatic heterocycles. The van der Waals surface area contributed by atoms with Crippen LogP contribution in [0.1, 0.15) is 0 Å². The van der Waals surface area contributed by atoms with Gasteiger partial charge in [0.2, 0.25) is 0 Å². The highest BCUT2D eigenvalue weighted by Crippen LogP contribution is 2.00. The summed E-state index contributed by atoms with van der Waals surface area (Å²) in [5.74, 6) is -0.806. The fourth-order valence-corrected chi connectivity index (χ4v) is 0.499. The number of aliphatic hydroxyl groups excluding tert-OH is 1. The molecule has 1 N–H and O–H groups in total. The number of esters is 1. The van der Waals surface area contributed by atoms with Crippen molar-refractivity contribution < 1.29 is 14.6 Å². The minimum Gasteiger partial charge on any atom is -0.433 e. The zero-order valence-corrected chi connectivity index (χ0v) is 7.12. The van der Waals surface area contributed by atoms with E-state index in [2.05, 4.69) is 17.9 Å². The summed E-state index contributed by atoms with van der Waals surface area (Å²) in [5.41, 5.74) is 0. The third kappa shape index (κ3) is 4.71. The SMILES string of the molecule is C=COC(=O)C(O)C=CC(=C)Cl. The van der Waals surface area contributed by atoms with E-state index in [0.717, 1.165) is 6.26 Å². The van der Waals surface area contributed by atoms with Gasteiger partial charge in [0.1, 0.15) is 0 Å². The molecule has 0 bridgehead atoms. The highest BCUT2D eigenvalue weighted by atomic mass is 35.5. The molecule has 0 amide bonds. The molecule has 0 aliphatic heterocycles. The van der Waals surface area contributed by atoms with Crippen LogP contribution in [0.3, 0.4) is 0 Å². The second kappa shape index (κ2) is 5.57. The van der Waals surface area contributed by atoms with Gasteiger partial charge in [-0.3, -0.25) is 0 Å². The van der Waals surface area contributed by atoms with Crippen molar-refractivity contribution in [2.45, 2.75) is 6.10 Å². The minimum absolute atomic E-state index is 0.223. The van der Waals surface area contributed by atoms with Gasteiger partial charge in [-0.15, -0.1) is 0 Å². The number of rotatable bonds is 4. The molecule has 0 aromatic rings. The molecule has 0 saturated carbocycles. The molecular formula is C8H9ClO3. The molecular weight excluding hydrogens is 180 g/mol. The van der Waals surface area contributed by atoms with Gasteiger partial charge in [0.05, 0.1) is 6.26 Å². The highest BCUT2D eigenvalue weighted by Gasteiger charge is 2.10. The van der Waals surface area contributed by atoms with E-state index in [1.165, 1.54) is 12.2 Å². The number of carbonyl (C=O) groups excluding carboxylic acids is 1. The lowest BCUT2D eigenvalue weighted by atomic mass is 10.3. The topological polar surface area (TPSA) is 46.5 Å². The van der Waals surface area contributed by atoms with Crippen molar-refractivity contribution in [3.63, 3.8) is 0 Å². The van der Waals surface area contributed by atoms with Crippen molar-refractivity contribution in [1.82, 2.24) is 0 Å². The largest absolute Gasteiger partial charge is 0.433 e. The van der Waals surface area contributed by atoms with Gasteiger partial charge < -0.3 is 9.84 Å². The Morgan fingerprint density at radius 1 is 1.67 bits per heavy atom. The maximum Gasteiger partial charge on any atom is 0.343 e. The van der Waals surface area contributed by atoms with E-state index in [4.69, 9.17) is 16.7 Å². The Labute approximate surface area is 75.6 Å². The van der Waals surface area contributed by atoms with Crippen LogP contribution >= 0.6 is 11.6 Å². The number of aliphatic hydroxyl groups is 1. The van der Waals surface area contributed by atoms with E-state index in [9.17, 15) is 4.79 Å². The second-order valence-electron chi connectivity index (χ2n) is 1.85. The summed E-state index contributed by atoms with van der Waals surface area (Å²) >= 11 is 5.34. The smallest absolute Gasteiger partial charge is 0.343 e. The van der Waals surface area contributed by atoms with Crippen molar-refractivity contribution in [3.8, 4) is 0 Å². The first-order valence-electron chi connectivity index (χ1n) is 3.10. The number of ether oxygens (including phenoxy) is 1. The van der Waals surface area contributed by atoms with Gasteiger partial charge in [-0.25, -0.2) is 4.79 Å². The Morgan fingerprint density at radius 3 is 2.67 bits per heavy atom. The van der Waals surface area contributed by atoms with Crippen molar-refractivity contribution in [1.29, 1.82) is 0 Å². The lowest BCUT2D eigenvalue weighted by Crippen LogP contribution is -2.18. The van der Waals surface area contributed by atoms with Crippen LogP contribution in [-0.2, 0) is 9.53 Å². The van der Waals surface area contributed by atoms with E-state index >= 15 is 0 Å². The molecule has 0 spiro atoms. The summed E-state index contributed by atoms with van der Waals surface area (Å²) in [7, 11) is 0. The molecule has 1 atom stereocenters. The number of hydrogen-bond donors (Lipinski definition) is 1. The Hall–Kier alpha value is -1.06. The molecule has 4 heteroatoms. The average Bonchev–Trinajstić information content (AvgIpc) is 2.00. The summed E-state index contributed by atoms with van der Waals surface area (Å²) in [5, 5.41) is 9.21. The van der Waals surface area contributed by atoms with Crippen LogP contribution in [0.5, 0.6) is 0 Å². The van der Waals surface area contributed by atoms with E-state index < -0.39 is 12.1 Å². The first-order chi connectivity index (χ1) is 5.57. The molecule has 0 heterocycles. The number of carbonyl (C=O) groups is 1. The molecule has 3 nitrogen and oxygen atoms in total. The van der Waals surface area contributed by atoms with Gasteiger partial charge in [0.25, 0.3) is 0 Å². The van der Waals surface area contributed by atoms with Gasteiger partial charge in [0, 0.05) is 5.03 Å². The fourth-order valence-electron chi connectivity index (χ4n) is 0.426. The van der Waals surface area contributed by atoms with Crippen LogP contribution in [0.2, 0.25) is 0 Å². The first-order valence-corrected chi connectivity index (χ1v) is 3.47. The summed E-state index contributed by atoms with van der Waals surface area (Å²) in [4.78, 5) is 10.7. The third-order valence-corrected chi connectivity index (χ3v) is 1.03. The van der Waals surface area contributed by atoms with E-state index in [1.54, 1.807) is 0 Å². The van der Waals surface area contributed by atoms with Crippen molar-refractivity contribution >= 4 is 17.6 Å². The first kappa shape index (κ1) is 10.9. The molecule has 0 saturated heterocycles. The van der Waals surface area contributed by atoms with Gasteiger partial charge >= 0.3 is 5.97 Å². The molecule has 0 aliphatic carbocycles. The zero-order valence-electron chi connectivity index (χ0n) is 6.37. The van der Waals surface area contributed by atoms with Crippen LogP contribution < -0.4 is 0 Å². The molecule has 0 aliphatic rings. The molecule has 0 radical (unpaired) electrons. The maximum absolute atomic E-state index is 10.7. The normalized spacial score (nSPS) is 12.5. The van der Waals surface area contributed by atoms with E-state index in [-0.39, 0.29) is 5.03 Å². The Balaban J connectivity index is 4.02. The maximum atomic E-state index is 10.7. The Morgan fingerprint density at radius 2 is 2.25 bits per heavy atom. The van der Waals surface area contributed by atoms with Gasteiger partial charge in [-0.1, -0.05) is 24.8 Å². The lowest BCUT2D eigenvalue weighted by Gasteiger charge is -2.01. The van der Waals surface area contributed by atoms with Crippen LogP contribution in [0.25, 0.3) is 0 Å². The quantitative estimate of drug-likeness (QED) is 0.412. The minimum atomic E-state index is -1.33. The third-order valence-electron chi connectivity index (χ3n) is 0.900. The Kier molecular flexibility index (Phi) is 5.08. The lowest BCUT2D eigenvalue weighted by molar-refractivity contribution is -0.144. The standard InChI is InChI=1S/C8H9ClO3/c1-3-12-8(11)7(10)5-4-6(2)9/h3-5,7,10H,1-2H2. The predicted molar refractivity (Wildman–Crippen MR) is 46.4 cm³/mol. The fraction of sp³-hybridized carbons (Fsp3) is 0.125. The average molecular weight is 189 g/mol. The molecule has 0 fully saturated rings. The number of halogens is 1. The molecule has 12 heavy (non-hydrogen) atoms. The molecule has 0 aromatic carbocycles. The summed E-state index contributed by atoms with van der Waals surface area (Å²) in [6, 6.07) is 0. The van der Waals surface area contributed by atoms with Gasteiger partial charge in [-0.05, 0) is 12.2 Å². The molecule has 1 unspecified atom stereocenters. The van der Waals surface area contributed by atoms with Crippen molar-refractivity contribution in [2.75, 3.05) is 0 Å². The van der Waals surface area contributed by atoms with Crippen LogP contribution in [0.15, 0.2) is 36.6 Å². The molecule has 0 rings (SSSR count). The van der Waals surface area contributed by atoms with Crippen LogP contribution in [-0.4, -0.2) is 17.2 Å².